The summed E-state index contributed by atoms with van der Waals surface area (Å²) in [6, 6.07) is 0. The van der Waals surface area contributed by atoms with Gasteiger partial charge in [0.15, 0.2) is 5.17 Å². The van der Waals surface area contributed by atoms with E-state index in [9.17, 15) is 9.59 Å². The summed E-state index contributed by atoms with van der Waals surface area (Å²) < 4.78 is 0. The molecular formula is C5H6N2O3S. The monoisotopic (exact) mass is 174 g/mol. The quantitative estimate of drug-likeness (QED) is 0.579. The van der Waals surface area contributed by atoms with Gasteiger partial charge in [-0.25, -0.2) is 0 Å². The Labute approximate surface area is 66.9 Å². The molecule has 0 aliphatic carbocycles. The number of amides is 1. The van der Waals surface area contributed by atoms with E-state index in [1.54, 1.807) is 0 Å². The predicted octanol–water partition coefficient (Wildman–Crippen LogP) is -0.710. The smallest absolute Gasteiger partial charge is 0.325 e. The fraction of sp³-hybridized carbons (Fsp3) is 0.400. The van der Waals surface area contributed by atoms with Crippen LogP contribution in [0.2, 0.25) is 0 Å². The molecule has 11 heavy (non-hydrogen) atoms. The minimum absolute atomic E-state index is 0.126. The molecule has 1 rings (SSSR count). The lowest BCUT2D eigenvalue weighted by Crippen LogP contribution is -2.21. The van der Waals surface area contributed by atoms with Crippen LogP contribution in [0.3, 0.4) is 0 Å². The molecule has 0 radical (unpaired) electrons. The maximum Gasteiger partial charge on any atom is 0.325 e. The van der Waals surface area contributed by atoms with Crippen LogP contribution in [0.1, 0.15) is 0 Å². The number of carbonyl (C=O) groups excluding carboxylic acids is 1. The van der Waals surface area contributed by atoms with Crippen molar-refractivity contribution < 1.29 is 14.7 Å². The molecule has 5 nitrogen and oxygen atoms in total. The highest BCUT2D eigenvalue weighted by Gasteiger charge is 2.15. The summed E-state index contributed by atoms with van der Waals surface area (Å²) in [6.07, 6.45) is 0. The van der Waals surface area contributed by atoms with E-state index in [1.807, 2.05) is 0 Å². The number of carboxylic acids is 1. The van der Waals surface area contributed by atoms with Crippen LogP contribution >= 0.6 is 11.8 Å². The van der Waals surface area contributed by atoms with Gasteiger partial charge >= 0.3 is 5.97 Å². The van der Waals surface area contributed by atoms with Crippen molar-refractivity contribution in [1.82, 2.24) is 5.32 Å². The van der Waals surface area contributed by atoms with E-state index in [-0.39, 0.29) is 12.5 Å². The van der Waals surface area contributed by atoms with E-state index in [0.717, 1.165) is 0 Å². The standard InChI is InChI=1S/C5H6N2O3S/c8-3-2-11-5(7-3)6-1-4(9)10/h1-2H2,(H,9,10)(H,6,7,8). The molecule has 0 spiro atoms. The van der Waals surface area contributed by atoms with Crippen molar-refractivity contribution in [1.29, 1.82) is 0 Å². The number of hydrogen-bond donors (Lipinski definition) is 2. The van der Waals surface area contributed by atoms with Crippen LogP contribution < -0.4 is 5.32 Å². The highest BCUT2D eigenvalue weighted by atomic mass is 32.2. The Morgan fingerprint density at radius 3 is 3.00 bits per heavy atom. The zero-order valence-corrected chi connectivity index (χ0v) is 6.35. The van der Waals surface area contributed by atoms with Crippen molar-refractivity contribution >= 4 is 28.8 Å². The molecule has 0 bridgehead atoms. The van der Waals surface area contributed by atoms with Crippen LogP contribution in [-0.4, -0.2) is 34.4 Å². The SMILES string of the molecule is O=C(O)CN=C1NC(=O)CS1. The molecule has 1 saturated heterocycles. The van der Waals surface area contributed by atoms with Gasteiger partial charge in [-0.3, -0.25) is 14.6 Å². The van der Waals surface area contributed by atoms with Crippen molar-refractivity contribution in [2.24, 2.45) is 4.99 Å². The number of carboxylic acid groups (broad SMARTS) is 1. The third-order valence-corrected chi connectivity index (χ3v) is 1.86. The average molecular weight is 174 g/mol. The number of nitrogens with one attached hydrogen (secondary N) is 1. The Bertz CT molecular complexity index is 226. The fourth-order valence-electron chi connectivity index (χ4n) is 0.550. The third-order valence-electron chi connectivity index (χ3n) is 0.944. The summed E-state index contributed by atoms with van der Waals surface area (Å²) in [5.74, 6) is -0.795. The van der Waals surface area contributed by atoms with Gasteiger partial charge in [0.2, 0.25) is 5.91 Å². The first-order valence-corrected chi connectivity index (χ1v) is 3.86. The topological polar surface area (TPSA) is 78.8 Å². The maximum atomic E-state index is 10.5. The first kappa shape index (κ1) is 8.06. The predicted molar refractivity (Wildman–Crippen MR) is 40.5 cm³/mol. The van der Waals surface area contributed by atoms with Gasteiger partial charge in [-0.05, 0) is 0 Å². The van der Waals surface area contributed by atoms with Crippen LogP contribution in [0, 0.1) is 0 Å². The lowest BCUT2D eigenvalue weighted by Gasteiger charge is -1.91. The largest absolute Gasteiger partial charge is 0.480 e. The molecule has 0 aromatic rings. The molecule has 1 amide bonds. The summed E-state index contributed by atoms with van der Waals surface area (Å²) in [5, 5.41) is 11.0. The minimum atomic E-state index is -1.00. The van der Waals surface area contributed by atoms with Gasteiger partial charge in [-0.15, -0.1) is 0 Å². The van der Waals surface area contributed by atoms with Crippen molar-refractivity contribution in [2.45, 2.75) is 0 Å². The molecule has 1 aliphatic rings. The first-order valence-electron chi connectivity index (χ1n) is 2.87. The summed E-state index contributed by atoms with van der Waals surface area (Å²) in [7, 11) is 0. The number of aliphatic carboxylic acids is 1. The van der Waals surface area contributed by atoms with E-state index in [4.69, 9.17) is 5.11 Å². The molecule has 1 heterocycles. The van der Waals surface area contributed by atoms with E-state index in [2.05, 4.69) is 10.3 Å². The minimum Gasteiger partial charge on any atom is -0.480 e. The van der Waals surface area contributed by atoms with Gasteiger partial charge in [-0.1, -0.05) is 11.8 Å². The molecule has 0 unspecified atom stereocenters. The Morgan fingerprint density at radius 1 is 1.82 bits per heavy atom. The number of nitrogens with zero attached hydrogens (tertiary/aromatic N) is 1. The fourth-order valence-corrected chi connectivity index (χ4v) is 1.23. The van der Waals surface area contributed by atoms with Crippen LogP contribution in [0.15, 0.2) is 4.99 Å². The molecule has 60 valence electrons. The lowest BCUT2D eigenvalue weighted by atomic mass is 10.7. The van der Waals surface area contributed by atoms with Gasteiger partial charge in [0.25, 0.3) is 0 Å². The number of rotatable bonds is 2. The first-order chi connectivity index (χ1) is 5.18. The highest BCUT2D eigenvalue weighted by Crippen LogP contribution is 2.07. The Kier molecular flexibility index (Phi) is 2.48. The zero-order valence-electron chi connectivity index (χ0n) is 5.53. The van der Waals surface area contributed by atoms with Crippen molar-refractivity contribution in [3.05, 3.63) is 0 Å². The summed E-state index contributed by atoms with van der Waals surface area (Å²) in [5.41, 5.74) is 0. The Hall–Kier alpha value is -1.04. The van der Waals surface area contributed by atoms with Crippen molar-refractivity contribution in [3.63, 3.8) is 0 Å². The van der Waals surface area contributed by atoms with Crippen LogP contribution in [0.25, 0.3) is 0 Å². The van der Waals surface area contributed by atoms with E-state index >= 15 is 0 Å². The lowest BCUT2D eigenvalue weighted by molar-refractivity contribution is -0.135. The van der Waals surface area contributed by atoms with E-state index in [1.165, 1.54) is 11.8 Å². The maximum absolute atomic E-state index is 10.5. The molecule has 0 atom stereocenters. The molecule has 1 fully saturated rings. The van der Waals surface area contributed by atoms with Gasteiger partial charge in [0, 0.05) is 0 Å². The van der Waals surface area contributed by atoms with Gasteiger partial charge in [-0.2, -0.15) is 0 Å². The molecule has 0 saturated carbocycles. The number of hydrogen-bond acceptors (Lipinski definition) is 4. The van der Waals surface area contributed by atoms with Crippen molar-refractivity contribution in [3.8, 4) is 0 Å². The number of thioether (sulfide) groups is 1. The molecular weight excluding hydrogens is 168 g/mol. The number of aliphatic imine (C=N–C) groups is 1. The average Bonchev–Trinajstić information content (AvgIpc) is 2.31. The van der Waals surface area contributed by atoms with Crippen LogP contribution in [-0.2, 0) is 9.59 Å². The highest BCUT2D eigenvalue weighted by molar-refractivity contribution is 8.15. The Balaban J connectivity index is 2.42. The number of amidine groups is 1. The van der Waals surface area contributed by atoms with Gasteiger partial charge in [0.05, 0.1) is 5.75 Å². The summed E-state index contributed by atoms with van der Waals surface area (Å²) >= 11 is 1.22. The summed E-state index contributed by atoms with van der Waals surface area (Å²) in [4.78, 5) is 24.2. The number of carbonyl (C=O) groups is 2. The third kappa shape index (κ3) is 2.58. The second-order valence-corrected chi connectivity index (χ2v) is 2.82. The molecule has 6 heteroatoms. The van der Waals surface area contributed by atoms with Crippen molar-refractivity contribution in [2.75, 3.05) is 12.3 Å². The van der Waals surface area contributed by atoms with E-state index < -0.39 is 5.97 Å². The van der Waals surface area contributed by atoms with E-state index in [0.29, 0.717) is 10.9 Å². The Morgan fingerprint density at radius 2 is 2.55 bits per heavy atom. The normalized spacial score (nSPS) is 20.4. The molecule has 0 aromatic carbocycles. The van der Waals surface area contributed by atoms with Crippen LogP contribution in [0.4, 0.5) is 0 Å². The zero-order chi connectivity index (χ0) is 8.27. The van der Waals surface area contributed by atoms with Crippen LogP contribution in [0.5, 0.6) is 0 Å². The molecule has 2 N–H and O–H groups in total. The molecule has 1 aliphatic heterocycles. The van der Waals surface area contributed by atoms with Gasteiger partial charge < -0.3 is 10.4 Å². The van der Waals surface area contributed by atoms with Gasteiger partial charge in [0.1, 0.15) is 6.54 Å². The second kappa shape index (κ2) is 3.38. The summed E-state index contributed by atoms with van der Waals surface area (Å²) in [6.45, 7) is -0.289. The second-order valence-electron chi connectivity index (χ2n) is 1.85. The molecule has 0 aromatic heterocycles.